The number of hydrogen-bond donors (Lipinski definition) is 0. The minimum absolute atomic E-state index is 0.198. The minimum Gasteiger partial charge on any atom is -0.454 e. The highest BCUT2D eigenvalue weighted by atomic mass is 35.5. The number of alkyl halides is 3. The monoisotopic (exact) mass is 333 g/mol. The van der Waals surface area contributed by atoms with Crippen molar-refractivity contribution in [1.82, 2.24) is 14.8 Å². The van der Waals surface area contributed by atoms with E-state index in [1.54, 1.807) is 18.5 Å². The number of benzene rings is 1. The lowest BCUT2D eigenvalue weighted by Gasteiger charge is -2.10. The Hall–Kier alpha value is -2.09. The third kappa shape index (κ3) is 3.56. The van der Waals surface area contributed by atoms with Crippen molar-refractivity contribution in [2.24, 2.45) is 7.05 Å². The van der Waals surface area contributed by atoms with Crippen LogP contribution >= 0.6 is 11.6 Å². The molecule has 0 aliphatic carbocycles. The lowest BCUT2D eigenvalue weighted by Crippen LogP contribution is -2.11. The van der Waals surface area contributed by atoms with Crippen LogP contribution in [0.15, 0.2) is 18.2 Å². The van der Waals surface area contributed by atoms with E-state index in [1.165, 1.54) is 0 Å². The van der Waals surface area contributed by atoms with Crippen molar-refractivity contribution in [3.05, 3.63) is 46.0 Å². The second-order valence-electron chi connectivity index (χ2n) is 4.52. The van der Waals surface area contributed by atoms with E-state index < -0.39 is 17.7 Å². The highest BCUT2D eigenvalue weighted by molar-refractivity contribution is 6.31. The van der Waals surface area contributed by atoms with Crippen LogP contribution in [-0.2, 0) is 24.6 Å². The van der Waals surface area contributed by atoms with Crippen molar-refractivity contribution in [3.63, 3.8) is 0 Å². The van der Waals surface area contributed by atoms with Crippen molar-refractivity contribution in [1.29, 1.82) is 0 Å². The van der Waals surface area contributed by atoms with Gasteiger partial charge in [0.15, 0.2) is 12.4 Å². The zero-order valence-corrected chi connectivity index (χ0v) is 12.4. The van der Waals surface area contributed by atoms with E-state index in [1.807, 2.05) is 0 Å². The second-order valence-corrected chi connectivity index (χ2v) is 4.96. The number of carbonyl (C=O) groups is 1. The molecular weight excluding hydrogens is 323 g/mol. The standard InChI is InChI=1S/C13H11ClF3N3O2/c1-7-18-19-11(20(7)2)6-22-12(21)8-3-9(13(15,16)17)5-10(14)4-8/h3-5H,6H2,1-2H3. The van der Waals surface area contributed by atoms with Crippen LogP contribution in [0.25, 0.3) is 0 Å². The number of aryl methyl sites for hydroxylation is 1. The van der Waals surface area contributed by atoms with Crippen molar-refractivity contribution < 1.29 is 22.7 Å². The Kier molecular flexibility index (Phi) is 4.41. The molecule has 2 rings (SSSR count). The Morgan fingerprint density at radius 1 is 1.32 bits per heavy atom. The van der Waals surface area contributed by atoms with Gasteiger partial charge in [0.2, 0.25) is 0 Å². The van der Waals surface area contributed by atoms with Crippen LogP contribution in [0.1, 0.15) is 27.6 Å². The molecule has 0 amide bonds. The van der Waals surface area contributed by atoms with Gasteiger partial charge in [-0.2, -0.15) is 13.2 Å². The number of esters is 1. The molecule has 0 radical (unpaired) electrons. The van der Waals surface area contributed by atoms with Crippen LogP contribution in [0.5, 0.6) is 0 Å². The van der Waals surface area contributed by atoms with E-state index >= 15 is 0 Å². The number of nitrogens with zero attached hydrogens (tertiary/aromatic N) is 3. The molecule has 1 aromatic carbocycles. The Morgan fingerprint density at radius 3 is 2.55 bits per heavy atom. The largest absolute Gasteiger partial charge is 0.454 e. The molecule has 1 heterocycles. The molecule has 0 saturated carbocycles. The predicted molar refractivity (Wildman–Crippen MR) is 71.3 cm³/mol. The molecule has 0 unspecified atom stereocenters. The van der Waals surface area contributed by atoms with Crippen molar-refractivity contribution in [3.8, 4) is 0 Å². The summed E-state index contributed by atoms with van der Waals surface area (Å²) >= 11 is 5.61. The van der Waals surface area contributed by atoms with Crippen LogP contribution in [0.4, 0.5) is 13.2 Å². The van der Waals surface area contributed by atoms with Crippen LogP contribution in [-0.4, -0.2) is 20.7 Å². The third-order valence-corrected chi connectivity index (χ3v) is 3.19. The first-order valence-corrected chi connectivity index (χ1v) is 6.46. The lowest BCUT2D eigenvalue weighted by molar-refractivity contribution is -0.137. The van der Waals surface area contributed by atoms with Crippen LogP contribution in [0.2, 0.25) is 5.02 Å². The molecule has 1 aromatic heterocycles. The molecule has 0 atom stereocenters. The second kappa shape index (κ2) is 5.96. The molecule has 0 spiro atoms. The van der Waals surface area contributed by atoms with Gasteiger partial charge in [-0.3, -0.25) is 0 Å². The van der Waals surface area contributed by atoms with E-state index in [2.05, 4.69) is 10.2 Å². The molecule has 0 fully saturated rings. The molecule has 9 heteroatoms. The quantitative estimate of drug-likeness (QED) is 0.810. The summed E-state index contributed by atoms with van der Waals surface area (Å²) in [6, 6.07) is 2.54. The van der Waals surface area contributed by atoms with E-state index in [4.69, 9.17) is 16.3 Å². The zero-order valence-electron chi connectivity index (χ0n) is 11.6. The molecule has 5 nitrogen and oxygen atoms in total. The predicted octanol–water partition coefficient (Wildman–Crippen LogP) is 3.15. The van der Waals surface area contributed by atoms with E-state index in [-0.39, 0.29) is 17.2 Å². The van der Waals surface area contributed by atoms with E-state index in [0.29, 0.717) is 17.7 Å². The summed E-state index contributed by atoms with van der Waals surface area (Å²) in [5.74, 6) is 0.0748. The number of rotatable bonds is 3. The summed E-state index contributed by atoms with van der Waals surface area (Å²) in [4.78, 5) is 11.9. The topological polar surface area (TPSA) is 57.0 Å². The highest BCUT2D eigenvalue weighted by Gasteiger charge is 2.32. The van der Waals surface area contributed by atoms with Gasteiger partial charge in [0.05, 0.1) is 11.1 Å². The number of carbonyl (C=O) groups excluding carboxylic acids is 1. The summed E-state index contributed by atoms with van der Waals surface area (Å²) in [5, 5.41) is 7.37. The number of halogens is 4. The molecule has 0 N–H and O–H groups in total. The fourth-order valence-corrected chi connectivity index (χ4v) is 1.90. The summed E-state index contributed by atoms with van der Waals surface area (Å²) in [5.41, 5.74) is -1.29. The molecular formula is C13H11ClF3N3O2. The molecule has 0 aliphatic rings. The molecule has 0 aliphatic heterocycles. The number of aromatic nitrogens is 3. The van der Waals surface area contributed by atoms with Gasteiger partial charge in [-0.05, 0) is 25.1 Å². The Labute approximate surface area is 128 Å². The smallest absolute Gasteiger partial charge is 0.416 e. The van der Waals surface area contributed by atoms with Gasteiger partial charge in [0.1, 0.15) is 5.82 Å². The molecule has 118 valence electrons. The SMILES string of the molecule is Cc1nnc(COC(=O)c2cc(Cl)cc(C(F)(F)F)c2)n1C. The summed E-state index contributed by atoms with van der Waals surface area (Å²) < 4.78 is 44.6. The van der Waals surface area contributed by atoms with Gasteiger partial charge in [0.25, 0.3) is 0 Å². The third-order valence-electron chi connectivity index (χ3n) is 2.98. The first-order chi connectivity index (χ1) is 10.2. The maximum absolute atomic E-state index is 12.7. The van der Waals surface area contributed by atoms with Gasteiger partial charge < -0.3 is 9.30 Å². The molecule has 0 bridgehead atoms. The average molecular weight is 334 g/mol. The van der Waals surface area contributed by atoms with Crippen molar-refractivity contribution >= 4 is 17.6 Å². The zero-order chi connectivity index (χ0) is 16.5. The maximum atomic E-state index is 12.7. The normalized spacial score (nSPS) is 11.5. The fourth-order valence-electron chi connectivity index (χ4n) is 1.66. The van der Waals surface area contributed by atoms with Gasteiger partial charge in [-0.15, -0.1) is 10.2 Å². The summed E-state index contributed by atoms with van der Waals surface area (Å²) in [7, 11) is 1.68. The highest BCUT2D eigenvalue weighted by Crippen LogP contribution is 2.32. The van der Waals surface area contributed by atoms with Gasteiger partial charge in [0, 0.05) is 12.1 Å². The van der Waals surface area contributed by atoms with E-state index in [9.17, 15) is 18.0 Å². The minimum atomic E-state index is -4.60. The van der Waals surface area contributed by atoms with E-state index in [0.717, 1.165) is 12.1 Å². The van der Waals surface area contributed by atoms with Crippen molar-refractivity contribution in [2.75, 3.05) is 0 Å². The van der Waals surface area contributed by atoms with Crippen LogP contribution in [0, 0.1) is 6.92 Å². The summed E-state index contributed by atoms with van der Waals surface area (Å²) in [6.07, 6.45) is -4.60. The number of hydrogen-bond acceptors (Lipinski definition) is 4. The van der Waals surface area contributed by atoms with Gasteiger partial charge >= 0.3 is 12.1 Å². The fraction of sp³-hybridized carbons (Fsp3) is 0.308. The Bertz CT molecular complexity index is 713. The maximum Gasteiger partial charge on any atom is 0.416 e. The molecule has 0 saturated heterocycles. The van der Waals surface area contributed by atoms with Gasteiger partial charge in [-0.25, -0.2) is 4.79 Å². The Morgan fingerprint density at radius 2 is 2.00 bits per heavy atom. The lowest BCUT2D eigenvalue weighted by atomic mass is 10.1. The first-order valence-electron chi connectivity index (χ1n) is 6.08. The van der Waals surface area contributed by atoms with Crippen LogP contribution in [0.3, 0.4) is 0 Å². The van der Waals surface area contributed by atoms with Crippen molar-refractivity contribution in [2.45, 2.75) is 19.7 Å². The first kappa shape index (κ1) is 16.3. The van der Waals surface area contributed by atoms with Gasteiger partial charge in [-0.1, -0.05) is 11.6 Å². The summed E-state index contributed by atoms with van der Waals surface area (Å²) in [6.45, 7) is 1.51. The average Bonchev–Trinajstić information content (AvgIpc) is 2.74. The molecule has 2 aromatic rings. The molecule has 22 heavy (non-hydrogen) atoms. The number of ether oxygens (including phenoxy) is 1. The Balaban J connectivity index is 2.16. The van der Waals surface area contributed by atoms with Crippen LogP contribution < -0.4 is 0 Å².